The first-order valence-corrected chi connectivity index (χ1v) is 8.64. The lowest BCUT2D eigenvalue weighted by Crippen LogP contribution is -2.02. The zero-order valence-corrected chi connectivity index (χ0v) is 15.3. The van der Waals surface area contributed by atoms with Crippen molar-refractivity contribution in [2.75, 3.05) is 18.2 Å². The molecule has 3 aromatic heterocycles. The van der Waals surface area contributed by atoms with Gasteiger partial charge >= 0.3 is 0 Å². The summed E-state index contributed by atoms with van der Waals surface area (Å²) in [4.78, 5) is 17.6. The van der Waals surface area contributed by atoms with Crippen LogP contribution in [-0.2, 0) is 6.54 Å². The van der Waals surface area contributed by atoms with Crippen LogP contribution < -0.4 is 15.8 Å². The smallest absolute Gasteiger partial charge is 0.229 e. The molecule has 0 radical (unpaired) electrons. The number of pyridine rings is 1. The molecule has 1 aromatic carbocycles. The number of rotatable bonds is 5. The first-order valence-electron chi connectivity index (χ1n) is 8.64. The summed E-state index contributed by atoms with van der Waals surface area (Å²) in [6.45, 7) is 2.67. The van der Waals surface area contributed by atoms with Crippen LogP contribution in [0.4, 0.5) is 21.8 Å². The molecule has 0 aliphatic heterocycles. The Morgan fingerprint density at radius 2 is 2.04 bits per heavy atom. The molecular formula is C19H18FN7O. The van der Waals surface area contributed by atoms with E-state index in [1.807, 2.05) is 17.6 Å². The van der Waals surface area contributed by atoms with Gasteiger partial charge in [-0.25, -0.2) is 19.3 Å². The highest BCUT2D eigenvalue weighted by Crippen LogP contribution is 2.26. The summed E-state index contributed by atoms with van der Waals surface area (Å²) in [5.41, 5.74) is 8.61. The number of methoxy groups -OCH3 is 1. The molecule has 3 N–H and O–H groups in total. The van der Waals surface area contributed by atoms with E-state index in [1.54, 1.807) is 30.6 Å². The monoisotopic (exact) mass is 379 g/mol. The number of hydrogen-bond donors (Lipinski definition) is 2. The molecule has 9 heteroatoms. The highest BCUT2D eigenvalue weighted by atomic mass is 19.1. The lowest BCUT2D eigenvalue weighted by atomic mass is 10.2. The third-order valence-corrected chi connectivity index (χ3v) is 4.25. The second-order valence-electron chi connectivity index (χ2n) is 6.03. The number of hydrogen-bond acceptors (Lipinski definition) is 7. The van der Waals surface area contributed by atoms with E-state index in [1.165, 1.54) is 13.2 Å². The minimum atomic E-state index is -0.435. The number of imidazole rings is 1. The second kappa shape index (κ2) is 7.10. The molecule has 8 nitrogen and oxygen atoms in total. The van der Waals surface area contributed by atoms with Crippen LogP contribution in [0.3, 0.4) is 0 Å². The minimum absolute atomic E-state index is 0.141. The molecule has 4 rings (SSSR count). The van der Waals surface area contributed by atoms with Gasteiger partial charge < -0.3 is 20.4 Å². The molecule has 142 valence electrons. The number of nitrogen functional groups attached to an aromatic ring is 1. The summed E-state index contributed by atoms with van der Waals surface area (Å²) in [5, 5.41) is 3.07. The number of nitrogens with two attached hydrogens (primary N) is 1. The zero-order valence-electron chi connectivity index (χ0n) is 15.3. The van der Waals surface area contributed by atoms with Gasteiger partial charge in [-0.15, -0.1) is 0 Å². The van der Waals surface area contributed by atoms with Crippen molar-refractivity contribution in [1.82, 2.24) is 24.5 Å². The van der Waals surface area contributed by atoms with E-state index in [4.69, 9.17) is 10.5 Å². The standard InChI is InChI=1S/C19H18FN7O/c1-3-27-17(11-6-7-22-16(21)8-11)25-14-10-23-19(26-18(14)27)24-12-4-5-13(20)15(9-12)28-2/h4-10H,3H2,1-2H3,(H2,21,22)(H,23,24,26). The van der Waals surface area contributed by atoms with Gasteiger partial charge in [0.2, 0.25) is 5.95 Å². The molecule has 0 atom stereocenters. The highest BCUT2D eigenvalue weighted by Gasteiger charge is 2.15. The van der Waals surface area contributed by atoms with Gasteiger partial charge in [0.25, 0.3) is 0 Å². The van der Waals surface area contributed by atoms with Crippen LogP contribution in [-0.4, -0.2) is 31.6 Å². The van der Waals surface area contributed by atoms with Crippen molar-refractivity contribution < 1.29 is 9.13 Å². The number of halogens is 1. The van der Waals surface area contributed by atoms with E-state index in [9.17, 15) is 4.39 Å². The van der Waals surface area contributed by atoms with Crippen LogP contribution in [0.25, 0.3) is 22.6 Å². The van der Waals surface area contributed by atoms with Gasteiger partial charge in [-0.3, -0.25) is 0 Å². The number of anilines is 3. The maximum Gasteiger partial charge on any atom is 0.229 e. The molecule has 0 spiro atoms. The van der Waals surface area contributed by atoms with Crippen LogP contribution in [0.2, 0.25) is 0 Å². The molecule has 3 heterocycles. The van der Waals surface area contributed by atoms with Crippen molar-refractivity contribution in [3.63, 3.8) is 0 Å². The zero-order chi connectivity index (χ0) is 19.7. The molecule has 0 amide bonds. The van der Waals surface area contributed by atoms with Gasteiger partial charge in [-0.2, -0.15) is 4.98 Å². The highest BCUT2D eigenvalue weighted by molar-refractivity contribution is 5.78. The quantitative estimate of drug-likeness (QED) is 0.548. The summed E-state index contributed by atoms with van der Waals surface area (Å²) in [6, 6.07) is 8.08. The maximum atomic E-state index is 13.6. The Kier molecular flexibility index (Phi) is 4.48. The molecule has 0 fully saturated rings. The van der Waals surface area contributed by atoms with Crippen LogP contribution in [0.1, 0.15) is 6.92 Å². The first-order chi connectivity index (χ1) is 13.6. The van der Waals surface area contributed by atoms with E-state index >= 15 is 0 Å². The summed E-state index contributed by atoms with van der Waals surface area (Å²) < 4.78 is 20.6. The van der Waals surface area contributed by atoms with Crippen LogP contribution in [0.15, 0.2) is 42.7 Å². The fraction of sp³-hybridized carbons (Fsp3) is 0.158. The summed E-state index contributed by atoms with van der Waals surface area (Å²) in [6.07, 6.45) is 3.29. The summed E-state index contributed by atoms with van der Waals surface area (Å²) >= 11 is 0. The lowest BCUT2D eigenvalue weighted by Gasteiger charge is -2.08. The Labute approximate surface area is 160 Å². The predicted molar refractivity (Wildman–Crippen MR) is 105 cm³/mol. The minimum Gasteiger partial charge on any atom is -0.494 e. The van der Waals surface area contributed by atoms with Gasteiger partial charge in [-0.05, 0) is 31.2 Å². The van der Waals surface area contributed by atoms with E-state index in [2.05, 4.69) is 25.3 Å². The normalized spacial score (nSPS) is 11.0. The average Bonchev–Trinajstić information content (AvgIpc) is 3.07. The maximum absolute atomic E-state index is 13.6. The Morgan fingerprint density at radius 3 is 2.79 bits per heavy atom. The topological polar surface area (TPSA) is 104 Å². The summed E-state index contributed by atoms with van der Waals surface area (Å²) in [7, 11) is 1.41. The lowest BCUT2D eigenvalue weighted by molar-refractivity contribution is 0.387. The largest absolute Gasteiger partial charge is 0.494 e. The molecule has 0 saturated carbocycles. The van der Waals surface area contributed by atoms with Gasteiger partial charge in [-0.1, -0.05) is 0 Å². The average molecular weight is 379 g/mol. The molecule has 0 saturated heterocycles. The fourth-order valence-corrected chi connectivity index (χ4v) is 2.95. The Bertz CT molecular complexity index is 1160. The number of fused-ring (bicyclic) bond motifs is 1. The van der Waals surface area contributed by atoms with Crippen molar-refractivity contribution in [2.45, 2.75) is 13.5 Å². The number of benzene rings is 1. The van der Waals surface area contributed by atoms with Crippen molar-refractivity contribution >= 4 is 28.6 Å². The molecule has 28 heavy (non-hydrogen) atoms. The Balaban J connectivity index is 1.74. The SMILES string of the molecule is CCn1c(-c2ccnc(N)c2)nc2cnc(Nc3ccc(F)c(OC)c3)nc21. The molecule has 0 bridgehead atoms. The fourth-order valence-electron chi connectivity index (χ4n) is 2.95. The van der Waals surface area contributed by atoms with E-state index in [-0.39, 0.29) is 5.75 Å². The van der Waals surface area contributed by atoms with Gasteiger partial charge in [0.15, 0.2) is 17.2 Å². The van der Waals surface area contributed by atoms with Crippen molar-refractivity contribution in [2.24, 2.45) is 0 Å². The van der Waals surface area contributed by atoms with E-state index in [0.29, 0.717) is 35.2 Å². The first kappa shape index (κ1) is 17.7. The molecule has 4 aromatic rings. The number of ether oxygens (including phenoxy) is 1. The number of aromatic nitrogens is 5. The van der Waals surface area contributed by atoms with E-state index in [0.717, 1.165) is 11.4 Å². The molecule has 0 aliphatic carbocycles. The second-order valence-corrected chi connectivity index (χ2v) is 6.03. The molecular weight excluding hydrogens is 361 g/mol. The van der Waals surface area contributed by atoms with Crippen molar-refractivity contribution in [1.29, 1.82) is 0 Å². The van der Waals surface area contributed by atoms with Crippen molar-refractivity contribution in [3.05, 3.63) is 48.5 Å². The van der Waals surface area contributed by atoms with Gasteiger partial charge in [0.1, 0.15) is 17.2 Å². The molecule has 0 unspecified atom stereocenters. The van der Waals surface area contributed by atoms with E-state index < -0.39 is 5.82 Å². The Morgan fingerprint density at radius 1 is 1.18 bits per heavy atom. The van der Waals surface area contributed by atoms with Gasteiger partial charge in [0, 0.05) is 30.1 Å². The van der Waals surface area contributed by atoms with Crippen LogP contribution in [0.5, 0.6) is 5.75 Å². The Hall–Kier alpha value is -3.75. The van der Waals surface area contributed by atoms with Gasteiger partial charge in [0.05, 0.1) is 13.3 Å². The number of aryl methyl sites for hydroxylation is 1. The van der Waals surface area contributed by atoms with Crippen molar-refractivity contribution in [3.8, 4) is 17.1 Å². The molecule has 0 aliphatic rings. The third kappa shape index (κ3) is 3.18. The third-order valence-electron chi connectivity index (χ3n) is 4.25. The summed E-state index contributed by atoms with van der Waals surface area (Å²) in [5.74, 6) is 1.24. The number of nitrogens with one attached hydrogen (secondary N) is 1. The van der Waals surface area contributed by atoms with Crippen LogP contribution in [0, 0.1) is 5.82 Å². The predicted octanol–water partition coefficient (Wildman–Crippen LogP) is 3.38. The van der Waals surface area contributed by atoms with Crippen LogP contribution >= 0.6 is 0 Å². The number of nitrogens with zero attached hydrogens (tertiary/aromatic N) is 5.